The molecule has 0 bridgehead atoms. The van der Waals surface area contributed by atoms with E-state index in [0.717, 1.165) is 34.4 Å². The number of fused-ring (bicyclic) bond motifs is 1. The number of aromatic nitrogens is 3. The van der Waals surface area contributed by atoms with Crippen LogP contribution in [0.4, 0.5) is 0 Å². The monoisotopic (exact) mass is 428 g/mol. The molecule has 0 unspecified atom stereocenters. The summed E-state index contributed by atoms with van der Waals surface area (Å²) in [7, 11) is 0. The second-order valence-electron chi connectivity index (χ2n) is 7.26. The van der Waals surface area contributed by atoms with Gasteiger partial charge in [-0.25, -0.2) is 4.98 Å². The van der Waals surface area contributed by atoms with E-state index >= 15 is 0 Å². The zero-order valence-electron chi connectivity index (χ0n) is 18.1. The van der Waals surface area contributed by atoms with Gasteiger partial charge in [0.2, 0.25) is 0 Å². The van der Waals surface area contributed by atoms with Crippen LogP contribution in [-0.2, 0) is 16.2 Å². The molecule has 2 aromatic carbocycles. The van der Waals surface area contributed by atoms with Gasteiger partial charge in [-0.1, -0.05) is 19.1 Å². The van der Waals surface area contributed by atoms with Gasteiger partial charge in [0.25, 0.3) is 5.90 Å². The number of ketones is 1. The molecular formula is C25H24N4O3. The summed E-state index contributed by atoms with van der Waals surface area (Å²) >= 11 is 0. The van der Waals surface area contributed by atoms with Crippen LogP contribution >= 0.6 is 0 Å². The van der Waals surface area contributed by atoms with E-state index in [1.165, 1.54) is 0 Å². The van der Waals surface area contributed by atoms with Crippen LogP contribution in [0.25, 0.3) is 16.7 Å². The second kappa shape index (κ2) is 9.87. The summed E-state index contributed by atoms with van der Waals surface area (Å²) in [4.78, 5) is 25.9. The van der Waals surface area contributed by atoms with Gasteiger partial charge in [-0.05, 0) is 67.0 Å². The lowest BCUT2D eigenvalue weighted by Gasteiger charge is -2.11. The molecule has 0 N–H and O–H groups in total. The van der Waals surface area contributed by atoms with E-state index in [1.54, 1.807) is 25.5 Å². The Morgan fingerprint density at radius 3 is 2.72 bits per heavy atom. The third kappa shape index (κ3) is 4.83. The van der Waals surface area contributed by atoms with Crippen molar-refractivity contribution in [2.24, 2.45) is 5.16 Å². The first-order valence-corrected chi connectivity index (χ1v) is 10.5. The van der Waals surface area contributed by atoms with E-state index < -0.39 is 0 Å². The van der Waals surface area contributed by atoms with Gasteiger partial charge in [0.1, 0.15) is 19.5 Å². The summed E-state index contributed by atoms with van der Waals surface area (Å²) in [6.07, 6.45) is 4.32. The first-order valence-electron chi connectivity index (χ1n) is 10.5. The summed E-state index contributed by atoms with van der Waals surface area (Å²) in [6.45, 7) is 4.35. The molecule has 4 aromatic rings. The molecule has 2 aromatic heterocycles. The van der Waals surface area contributed by atoms with E-state index in [1.807, 2.05) is 66.1 Å². The molecule has 0 spiro atoms. The number of carbonyl (C=O) groups is 1. The van der Waals surface area contributed by atoms with Gasteiger partial charge in [0.05, 0.1) is 16.7 Å². The molecule has 0 aliphatic rings. The minimum Gasteiger partial charge on any atom is -0.469 e. The Labute approximate surface area is 186 Å². The smallest absolute Gasteiger partial charge is 0.258 e. The summed E-state index contributed by atoms with van der Waals surface area (Å²) < 4.78 is 7.93. The van der Waals surface area contributed by atoms with Gasteiger partial charge in [0, 0.05) is 23.0 Å². The number of pyridine rings is 1. The van der Waals surface area contributed by atoms with Crippen LogP contribution in [0.2, 0.25) is 0 Å². The molecule has 32 heavy (non-hydrogen) atoms. The van der Waals surface area contributed by atoms with Gasteiger partial charge in [-0.15, -0.1) is 0 Å². The predicted molar refractivity (Wildman–Crippen MR) is 123 cm³/mol. The predicted octanol–water partition coefficient (Wildman–Crippen LogP) is 4.93. The lowest BCUT2D eigenvalue weighted by atomic mass is 10.1. The molecule has 162 valence electrons. The van der Waals surface area contributed by atoms with Crippen molar-refractivity contribution in [1.29, 1.82) is 0 Å². The van der Waals surface area contributed by atoms with Crippen molar-refractivity contribution < 1.29 is 14.4 Å². The third-order valence-electron chi connectivity index (χ3n) is 4.85. The normalized spacial score (nSPS) is 11.5. The molecule has 7 nitrogen and oxygen atoms in total. The fourth-order valence-corrected chi connectivity index (χ4v) is 3.21. The highest BCUT2D eigenvalue weighted by molar-refractivity contribution is 5.97. The highest BCUT2D eigenvalue weighted by Gasteiger charge is 2.12. The minimum atomic E-state index is 0.0152. The number of imidazole rings is 1. The van der Waals surface area contributed by atoms with Crippen molar-refractivity contribution in [2.45, 2.75) is 26.9 Å². The maximum Gasteiger partial charge on any atom is 0.258 e. The zero-order valence-corrected chi connectivity index (χ0v) is 18.1. The minimum absolute atomic E-state index is 0.0152. The summed E-state index contributed by atoms with van der Waals surface area (Å²) in [5.41, 5.74) is 4.77. The molecule has 0 saturated heterocycles. The summed E-state index contributed by atoms with van der Waals surface area (Å²) in [5.74, 6) is 0.399. The number of oxime groups is 1. The standard InChI is InChI=1S/C25H24N4O3/c1-3-13-32-28-25(31-16-21-8-4-5-12-26-21)20-7-6-9-22(14-20)29-17-27-23-15-19(18(2)30)10-11-24(23)29/h4-12,14-15,17H,3,13,16H2,1-2H3. The molecule has 0 aliphatic carbocycles. The van der Waals surface area contributed by atoms with Crippen LogP contribution < -0.4 is 0 Å². The molecule has 4 rings (SSSR count). The zero-order chi connectivity index (χ0) is 22.3. The van der Waals surface area contributed by atoms with Crippen molar-refractivity contribution in [1.82, 2.24) is 14.5 Å². The van der Waals surface area contributed by atoms with Gasteiger partial charge in [-0.2, -0.15) is 0 Å². The summed E-state index contributed by atoms with van der Waals surface area (Å²) in [5, 5.41) is 4.22. The van der Waals surface area contributed by atoms with Crippen LogP contribution in [0.3, 0.4) is 0 Å². The fraction of sp³-hybridized carbons (Fsp3) is 0.200. The van der Waals surface area contributed by atoms with Crippen LogP contribution in [0.1, 0.15) is 41.9 Å². The van der Waals surface area contributed by atoms with Crippen LogP contribution in [-0.4, -0.2) is 32.8 Å². The Morgan fingerprint density at radius 2 is 1.94 bits per heavy atom. The van der Waals surface area contributed by atoms with Gasteiger partial charge < -0.3 is 9.57 Å². The largest absolute Gasteiger partial charge is 0.469 e. The topological polar surface area (TPSA) is 78.6 Å². The number of carbonyl (C=O) groups excluding carboxylic acids is 1. The molecule has 0 aliphatic heterocycles. The average molecular weight is 428 g/mol. The molecule has 0 amide bonds. The number of hydrogen-bond acceptors (Lipinski definition) is 6. The Bertz CT molecular complexity index is 1250. The third-order valence-corrected chi connectivity index (χ3v) is 4.85. The van der Waals surface area contributed by atoms with Crippen LogP contribution in [0, 0.1) is 0 Å². The van der Waals surface area contributed by atoms with Crippen molar-refractivity contribution in [2.75, 3.05) is 6.61 Å². The SMILES string of the molecule is CCCON=C(OCc1ccccn1)c1cccc(-n2cnc3cc(C(C)=O)ccc32)c1. The first kappa shape index (κ1) is 21.2. The van der Waals surface area contributed by atoms with Crippen molar-refractivity contribution >= 4 is 22.7 Å². The van der Waals surface area contributed by atoms with E-state index in [4.69, 9.17) is 9.57 Å². The number of rotatable bonds is 8. The maximum atomic E-state index is 11.7. The first-order chi connectivity index (χ1) is 15.7. The Kier molecular flexibility index (Phi) is 6.55. The van der Waals surface area contributed by atoms with E-state index in [2.05, 4.69) is 15.1 Å². The molecule has 2 heterocycles. The molecular weight excluding hydrogens is 404 g/mol. The fourth-order valence-electron chi connectivity index (χ4n) is 3.21. The van der Waals surface area contributed by atoms with Crippen molar-refractivity contribution in [3.8, 4) is 5.69 Å². The molecule has 0 atom stereocenters. The lowest BCUT2D eigenvalue weighted by Crippen LogP contribution is -2.09. The Morgan fingerprint density at radius 1 is 1.03 bits per heavy atom. The highest BCUT2D eigenvalue weighted by Crippen LogP contribution is 2.21. The van der Waals surface area contributed by atoms with E-state index in [0.29, 0.717) is 18.1 Å². The molecule has 0 fully saturated rings. The number of Topliss-reactive ketones (excluding diaryl/α,β-unsaturated/α-hetero) is 1. The van der Waals surface area contributed by atoms with Gasteiger partial charge in [0.15, 0.2) is 5.78 Å². The molecule has 0 saturated carbocycles. The second-order valence-corrected chi connectivity index (χ2v) is 7.26. The quantitative estimate of drug-likeness (QED) is 0.131. The number of hydrogen-bond donors (Lipinski definition) is 0. The van der Waals surface area contributed by atoms with Crippen LogP contribution in [0.5, 0.6) is 0 Å². The highest BCUT2D eigenvalue weighted by atomic mass is 16.6. The maximum absolute atomic E-state index is 11.7. The summed E-state index contributed by atoms with van der Waals surface area (Å²) in [6, 6.07) is 19.0. The number of benzene rings is 2. The molecule has 7 heteroatoms. The van der Waals surface area contributed by atoms with E-state index in [9.17, 15) is 4.79 Å². The van der Waals surface area contributed by atoms with Crippen molar-refractivity contribution in [3.05, 3.63) is 90.0 Å². The van der Waals surface area contributed by atoms with E-state index in [-0.39, 0.29) is 12.4 Å². The van der Waals surface area contributed by atoms with Crippen molar-refractivity contribution in [3.63, 3.8) is 0 Å². The molecule has 0 radical (unpaired) electrons. The lowest BCUT2D eigenvalue weighted by molar-refractivity contribution is 0.101. The van der Waals surface area contributed by atoms with Gasteiger partial charge in [-0.3, -0.25) is 14.3 Å². The Balaban J connectivity index is 1.65. The van der Waals surface area contributed by atoms with Crippen LogP contribution in [0.15, 0.2) is 78.3 Å². The number of nitrogens with zero attached hydrogens (tertiary/aromatic N) is 4. The number of ether oxygens (including phenoxy) is 1. The Hall–Kier alpha value is -4.00. The van der Waals surface area contributed by atoms with Gasteiger partial charge >= 0.3 is 0 Å². The average Bonchev–Trinajstić information content (AvgIpc) is 3.25.